The van der Waals surface area contributed by atoms with Crippen molar-refractivity contribution in [2.45, 2.75) is 38.5 Å². The predicted molar refractivity (Wildman–Crippen MR) is 160 cm³/mol. The number of nitrogens with zero attached hydrogens (tertiary/aromatic N) is 3. The number of benzene rings is 3. The zero-order chi connectivity index (χ0) is 29.4. The van der Waals surface area contributed by atoms with Crippen LogP contribution in [0.15, 0.2) is 71.8 Å². The molecule has 3 unspecified atom stereocenters. The number of anilines is 1. The molecule has 3 atom stereocenters. The highest BCUT2D eigenvalue weighted by Gasteiger charge is 2.40. The average Bonchev–Trinajstić information content (AvgIpc) is 3.04. The number of carbonyl (C=O) groups is 3. The van der Waals surface area contributed by atoms with Gasteiger partial charge in [-0.1, -0.05) is 62.4 Å². The first-order valence-corrected chi connectivity index (χ1v) is 14.5. The monoisotopic (exact) mass is 565 g/mol. The normalized spacial score (nSPS) is 21.1. The van der Waals surface area contributed by atoms with E-state index >= 15 is 0 Å². The van der Waals surface area contributed by atoms with Gasteiger partial charge < -0.3 is 25.0 Å². The number of aliphatic hydroxyl groups is 1. The lowest BCUT2D eigenvalue weighted by Gasteiger charge is -2.40. The summed E-state index contributed by atoms with van der Waals surface area (Å²) in [5.41, 5.74) is 10.0. The van der Waals surface area contributed by atoms with E-state index in [2.05, 4.69) is 10.7 Å². The van der Waals surface area contributed by atoms with Gasteiger partial charge in [-0.25, -0.2) is 0 Å². The number of hydrogen-bond acceptors (Lipinski definition) is 7. The first kappa shape index (κ1) is 27.7. The molecule has 1 saturated heterocycles. The highest BCUT2D eigenvalue weighted by Crippen LogP contribution is 2.46. The third-order valence-corrected chi connectivity index (χ3v) is 8.50. The van der Waals surface area contributed by atoms with E-state index in [0.717, 1.165) is 45.5 Å². The lowest BCUT2D eigenvalue weighted by Crippen LogP contribution is -2.51. The number of hydrazone groups is 1. The summed E-state index contributed by atoms with van der Waals surface area (Å²) in [4.78, 5) is 41.2. The summed E-state index contributed by atoms with van der Waals surface area (Å²) < 4.78 is 0. The van der Waals surface area contributed by atoms with E-state index < -0.39 is 6.04 Å². The van der Waals surface area contributed by atoms with Crippen LogP contribution in [-0.4, -0.2) is 64.9 Å². The second-order valence-electron chi connectivity index (χ2n) is 11.4. The Morgan fingerprint density at radius 1 is 0.952 bits per heavy atom. The summed E-state index contributed by atoms with van der Waals surface area (Å²) >= 11 is 0. The fraction of sp³-hybridized carbons (Fsp3) is 0.333. The number of aldehydes is 1. The van der Waals surface area contributed by atoms with E-state index in [1.54, 1.807) is 0 Å². The van der Waals surface area contributed by atoms with Crippen LogP contribution >= 0.6 is 0 Å². The Bertz CT molecular complexity index is 1520. The summed E-state index contributed by atoms with van der Waals surface area (Å²) in [6.45, 7) is 5.87. The highest BCUT2D eigenvalue weighted by molar-refractivity contribution is 6.13. The molecule has 0 bridgehead atoms. The molecule has 0 spiro atoms. The van der Waals surface area contributed by atoms with Crippen molar-refractivity contribution in [3.63, 3.8) is 0 Å². The molecule has 9 heteroatoms. The van der Waals surface area contributed by atoms with Crippen LogP contribution < -0.4 is 10.7 Å². The van der Waals surface area contributed by atoms with Gasteiger partial charge in [-0.2, -0.15) is 5.10 Å². The summed E-state index contributed by atoms with van der Waals surface area (Å²) in [6.07, 6.45) is 0.865. The van der Waals surface area contributed by atoms with Crippen molar-refractivity contribution in [2.24, 2.45) is 11.0 Å². The van der Waals surface area contributed by atoms with Gasteiger partial charge in [0, 0.05) is 48.9 Å². The topological polar surface area (TPSA) is 114 Å². The van der Waals surface area contributed by atoms with Crippen molar-refractivity contribution in [1.82, 2.24) is 15.2 Å². The second kappa shape index (κ2) is 11.4. The zero-order valence-corrected chi connectivity index (χ0v) is 23.8. The average molecular weight is 566 g/mol. The van der Waals surface area contributed by atoms with Gasteiger partial charge in [-0.15, -0.1) is 0 Å². The lowest BCUT2D eigenvalue weighted by molar-refractivity contribution is -0.135. The Kier molecular flexibility index (Phi) is 7.51. The minimum atomic E-state index is -0.525. The molecule has 3 heterocycles. The number of piperazine rings is 1. The van der Waals surface area contributed by atoms with Crippen LogP contribution in [0.5, 0.6) is 0 Å². The molecule has 9 nitrogen and oxygen atoms in total. The van der Waals surface area contributed by atoms with Crippen LogP contribution in [0.2, 0.25) is 0 Å². The molecule has 3 N–H and O–H groups in total. The van der Waals surface area contributed by atoms with Gasteiger partial charge in [0.2, 0.25) is 5.91 Å². The van der Waals surface area contributed by atoms with Crippen molar-refractivity contribution < 1.29 is 19.5 Å². The van der Waals surface area contributed by atoms with Gasteiger partial charge in [-0.3, -0.25) is 15.0 Å². The number of hydrogen-bond donors (Lipinski definition) is 3. The van der Waals surface area contributed by atoms with Crippen LogP contribution in [0.25, 0.3) is 0 Å². The molecule has 0 aromatic heterocycles. The third kappa shape index (κ3) is 4.94. The van der Waals surface area contributed by atoms with Gasteiger partial charge >= 0.3 is 0 Å². The summed E-state index contributed by atoms with van der Waals surface area (Å²) in [7, 11) is 0. The first-order valence-electron chi connectivity index (χ1n) is 14.5. The van der Waals surface area contributed by atoms with Crippen molar-refractivity contribution in [3.05, 3.63) is 100 Å². The molecule has 3 aromatic carbocycles. The maximum absolute atomic E-state index is 13.4. The third-order valence-electron chi connectivity index (χ3n) is 8.50. The minimum Gasteiger partial charge on any atom is -0.392 e. The van der Waals surface area contributed by atoms with E-state index in [1.165, 1.54) is 0 Å². The van der Waals surface area contributed by atoms with Crippen LogP contribution in [-0.2, 0) is 16.2 Å². The standard InChI is InChI=1S/C33H35N5O4/c1-20(2)32(41)37-14-16-38(17-15-37)33(42)24-12-10-22(11-13-24)28-30(23-8-6-21(18-39)7-9-23)34-26-5-3-4-25-27(19-40)35-36-31(28)29(25)26/h3-13,19-20,27-28,30,34-35,39H,14-18H2,1-2H3. The van der Waals surface area contributed by atoms with E-state index in [4.69, 9.17) is 5.10 Å². The maximum Gasteiger partial charge on any atom is 0.253 e. The van der Waals surface area contributed by atoms with Crippen LogP contribution in [0.4, 0.5) is 5.69 Å². The molecule has 1 fully saturated rings. The summed E-state index contributed by atoms with van der Waals surface area (Å²) in [5, 5.41) is 18.0. The van der Waals surface area contributed by atoms with Crippen molar-refractivity contribution in [3.8, 4) is 0 Å². The Hall–Kier alpha value is -4.50. The van der Waals surface area contributed by atoms with Gasteiger partial charge in [0.05, 0.1) is 24.3 Å². The molecule has 2 amide bonds. The van der Waals surface area contributed by atoms with Crippen molar-refractivity contribution in [2.75, 3.05) is 31.5 Å². The molecule has 0 aliphatic carbocycles. The van der Waals surface area contributed by atoms with E-state index in [9.17, 15) is 19.5 Å². The van der Waals surface area contributed by atoms with Crippen molar-refractivity contribution in [1.29, 1.82) is 0 Å². The fourth-order valence-corrected chi connectivity index (χ4v) is 6.20. The Morgan fingerprint density at radius 2 is 1.62 bits per heavy atom. The number of carbonyl (C=O) groups excluding carboxylic acids is 3. The molecule has 216 valence electrons. The smallest absolute Gasteiger partial charge is 0.253 e. The number of amides is 2. The quantitative estimate of drug-likeness (QED) is 0.394. The molecular formula is C33H35N5O4. The number of aliphatic hydroxyl groups excluding tert-OH is 1. The van der Waals surface area contributed by atoms with Crippen LogP contribution in [0.3, 0.4) is 0 Å². The van der Waals surface area contributed by atoms with Gasteiger partial charge in [0.15, 0.2) is 0 Å². The van der Waals surface area contributed by atoms with Gasteiger partial charge in [-0.05, 0) is 40.5 Å². The summed E-state index contributed by atoms with van der Waals surface area (Å²) in [6, 6.07) is 20.7. The fourth-order valence-electron chi connectivity index (χ4n) is 6.20. The SMILES string of the molecule is CC(C)C(=O)N1CCN(C(=O)c2ccc(C3C4=NNC(C=O)c5cccc(c54)NC3c3ccc(CO)cc3)cc2)CC1. The Balaban J connectivity index is 1.31. The summed E-state index contributed by atoms with van der Waals surface area (Å²) in [5.74, 6) is -0.193. The highest BCUT2D eigenvalue weighted by atomic mass is 16.3. The number of rotatable bonds is 6. The van der Waals surface area contributed by atoms with Crippen molar-refractivity contribution >= 4 is 29.5 Å². The Morgan fingerprint density at radius 3 is 2.26 bits per heavy atom. The van der Waals surface area contributed by atoms with E-state index in [1.807, 2.05) is 90.4 Å². The Labute approximate surface area is 245 Å². The van der Waals surface area contributed by atoms with E-state index in [-0.39, 0.29) is 36.3 Å². The minimum absolute atomic E-state index is 0.0315. The second-order valence-corrected chi connectivity index (χ2v) is 11.4. The zero-order valence-electron chi connectivity index (χ0n) is 23.8. The molecule has 42 heavy (non-hydrogen) atoms. The molecule has 0 radical (unpaired) electrons. The molecular weight excluding hydrogens is 530 g/mol. The molecule has 3 aliphatic heterocycles. The number of nitrogens with one attached hydrogen (secondary N) is 2. The van der Waals surface area contributed by atoms with Gasteiger partial charge in [0.25, 0.3) is 5.91 Å². The molecule has 0 saturated carbocycles. The van der Waals surface area contributed by atoms with E-state index in [0.29, 0.717) is 31.7 Å². The molecule has 3 aromatic rings. The first-order chi connectivity index (χ1) is 20.4. The molecule has 6 rings (SSSR count). The van der Waals surface area contributed by atoms with Crippen LogP contribution in [0, 0.1) is 5.92 Å². The lowest BCUT2D eigenvalue weighted by atomic mass is 9.75. The predicted octanol–water partition coefficient (Wildman–Crippen LogP) is 3.62. The largest absolute Gasteiger partial charge is 0.392 e. The van der Waals surface area contributed by atoms with Gasteiger partial charge in [0.1, 0.15) is 12.3 Å². The molecule has 3 aliphatic rings. The maximum atomic E-state index is 13.4. The van der Waals surface area contributed by atoms with Crippen LogP contribution in [0.1, 0.15) is 70.0 Å².